The van der Waals surface area contributed by atoms with E-state index < -0.39 is 17.7 Å². The third-order valence-electron chi connectivity index (χ3n) is 6.97. The summed E-state index contributed by atoms with van der Waals surface area (Å²) in [6, 6.07) is 25.3. The highest BCUT2D eigenvalue weighted by atomic mass is 16.5. The number of Topliss-reactive ketones (excluding diaryl/α,β-unsaturated/α-hetero) is 1. The molecule has 1 atom stereocenters. The predicted molar refractivity (Wildman–Crippen MR) is 149 cm³/mol. The van der Waals surface area contributed by atoms with Crippen LogP contribution in [0.25, 0.3) is 11.4 Å². The summed E-state index contributed by atoms with van der Waals surface area (Å²) in [6.45, 7) is 2.27. The zero-order chi connectivity index (χ0) is 27.6. The van der Waals surface area contributed by atoms with Gasteiger partial charge in [-0.05, 0) is 53.9 Å². The number of aliphatic hydroxyl groups excluding tert-OH is 1. The van der Waals surface area contributed by atoms with Crippen LogP contribution >= 0.6 is 0 Å². The lowest BCUT2D eigenvalue weighted by Crippen LogP contribution is -2.29. The highest BCUT2D eigenvalue weighted by Gasteiger charge is 2.46. The average molecular weight is 531 g/mol. The molecule has 1 N–H and O–H groups in total. The van der Waals surface area contributed by atoms with Crippen molar-refractivity contribution in [2.24, 2.45) is 0 Å². The number of benzene rings is 2. The van der Waals surface area contributed by atoms with Crippen molar-refractivity contribution in [2.75, 3.05) is 0 Å². The number of ether oxygens (including phenoxy) is 1. The van der Waals surface area contributed by atoms with Crippen LogP contribution < -0.4 is 4.74 Å². The molecule has 40 heavy (non-hydrogen) atoms. The van der Waals surface area contributed by atoms with Gasteiger partial charge in [-0.1, -0.05) is 54.6 Å². The Kier molecular flexibility index (Phi) is 6.57. The van der Waals surface area contributed by atoms with Gasteiger partial charge < -0.3 is 14.7 Å². The summed E-state index contributed by atoms with van der Waals surface area (Å²) in [5.74, 6) is -1.15. The fourth-order valence-corrected chi connectivity index (χ4v) is 5.12. The van der Waals surface area contributed by atoms with Crippen molar-refractivity contribution in [3.63, 3.8) is 0 Å². The van der Waals surface area contributed by atoms with Gasteiger partial charge in [0.15, 0.2) is 5.76 Å². The van der Waals surface area contributed by atoms with Crippen LogP contribution in [-0.4, -0.2) is 36.1 Å². The first kappa shape index (κ1) is 25.1. The Morgan fingerprint density at radius 1 is 0.950 bits per heavy atom. The van der Waals surface area contributed by atoms with Gasteiger partial charge in [-0.25, -0.2) is 4.98 Å². The van der Waals surface area contributed by atoms with E-state index in [0.29, 0.717) is 35.0 Å². The Bertz CT molecular complexity index is 1750. The maximum atomic E-state index is 13.6. The minimum Gasteiger partial charge on any atom is -0.505 e. The molecular formula is C32H26N4O4. The molecule has 8 nitrogen and oxygen atoms in total. The zero-order valence-corrected chi connectivity index (χ0v) is 21.8. The van der Waals surface area contributed by atoms with Gasteiger partial charge in [0.05, 0.1) is 17.3 Å². The van der Waals surface area contributed by atoms with Crippen LogP contribution in [0, 0.1) is 6.92 Å². The van der Waals surface area contributed by atoms with E-state index in [2.05, 4.69) is 9.97 Å². The molecule has 6 rings (SSSR count). The van der Waals surface area contributed by atoms with Crippen molar-refractivity contribution in [1.29, 1.82) is 0 Å². The smallest absolute Gasteiger partial charge is 0.295 e. The monoisotopic (exact) mass is 530 g/mol. The second-order valence-electron chi connectivity index (χ2n) is 9.61. The Morgan fingerprint density at radius 2 is 1.75 bits per heavy atom. The number of carbonyl (C=O) groups excluding carboxylic acids is 2. The molecule has 1 aliphatic rings. The molecule has 0 spiro atoms. The number of aryl methyl sites for hydroxylation is 1. The molecule has 1 unspecified atom stereocenters. The maximum Gasteiger partial charge on any atom is 0.295 e. The maximum absolute atomic E-state index is 13.6. The zero-order valence-electron chi connectivity index (χ0n) is 21.8. The Hall–Kier alpha value is -5.24. The number of fused-ring (bicyclic) bond motifs is 1. The van der Waals surface area contributed by atoms with Gasteiger partial charge in [0.25, 0.3) is 11.7 Å². The largest absolute Gasteiger partial charge is 0.505 e. The molecule has 1 fully saturated rings. The van der Waals surface area contributed by atoms with Gasteiger partial charge in [-0.15, -0.1) is 0 Å². The highest BCUT2D eigenvalue weighted by Crippen LogP contribution is 2.41. The quantitative estimate of drug-likeness (QED) is 0.176. The number of ketones is 1. The Labute approximate surface area is 230 Å². The number of hydrogen-bond acceptors (Lipinski definition) is 6. The van der Waals surface area contributed by atoms with Crippen molar-refractivity contribution >= 4 is 23.1 Å². The van der Waals surface area contributed by atoms with Gasteiger partial charge in [0.1, 0.15) is 23.7 Å². The molecule has 3 aromatic heterocycles. The minimum atomic E-state index is -0.853. The number of aliphatic hydroxyl groups is 1. The molecular weight excluding hydrogens is 504 g/mol. The van der Waals surface area contributed by atoms with Gasteiger partial charge in [0.2, 0.25) is 0 Å². The first-order chi connectivity index (χ1) is 19.5. The van der Waals surface area contributed by atoms with Crippen LogP contribution in [0.1, 0.15) is 34.1 Å². The van der Waals surface area contributed by atoms with Gasteiger partial charge in [-0.3, -0.25) is 19.0 Å². The van der Waals surface area contributed by atoms with E-state index in [4.69, 9.17) is 4.74 Å². The Balaban J connectivity index is 1.46. The number of hydrogen-bond donors (Lipinski definition) is 1. The molecule has 8 heteroatoms. The summed E-state index contributed by atoms with van der Waals surface area (Å²) < 4.78 is 7.77. The molecule has 1 aliphatic heterocycles. The van der Waals surface area contributed by atoms with E-state index in [1.807, 2.05) is 78.9 Å². The van der Waals surface area contributed by atoms with Gasteiger partial charge >= 0.3 is 0 Å². The van der Waals surface area contributed by atoms with Gasteiger partial charge in [-0.2, -0.15) is 0 Å². The number of likely N-dealkylation sites (tertiary alicyclic amines) is 1. The topological polar surface area (TPSA) is 97.0 Å². The fraction of sp³-hybridized carbons (Fsp3) is 0.125. The van der Waals surface area contributed by atoms with Crippen molar-refractivity contribution in [1.82, 2.24) is 19.3 Å². The number of imidazole rings is 1. The third kappa shape index (κ3) is 4.60. The summed E-state index contributed by atoms with van der Waals surface area (Å²) in [5, 5.41) is 11.7. The molecule has 0 aliphatic carbocycles. The molecule has 5 aromatic rings. The van der Waals surface area contributed by atoms with Crippen molar-refractivity contribution in [2.45, 2.75) is 26.1 Å². The number of aromatic nitrogens is 3. The second-order valence-corrected chi connectivity index (χ2v) is 9.61. The molecule has 4 heterocycles. The van der Waals surface area contributed by atoms with E-state index in [1.54, 1.807) is 36.0 Å². The summed E-state index contributed by atoms with van der Waals surface area (Å²) >= 11 is 0. The molecule has 0 radical (unpaired) electrons. The number of carbonyl (C=O) groups is 2. The van der Waals surface area contributed by atoms with E-state index in [0.717, 1.165) is 11.1 Å². The number of nitrogens with zero attached hydrogens (tertiary/aromatic N) is 4. The normalized spacial score (nSPS) is 16.5. The first-order valence-electron chi connectivity index (χ1n) is 12.9. The predicted octanol–water partition coefficient (Wildman–Crippen LogP) is 5.24. The van der Waals surface area contributed by atoms with Crippen LogP contribution in [0.3, 0.4) is 0 Å². The van der Waals surface area contributed by atoms with E-state index in [9.17, 15) is 14.7 Å². The van der Waals surface area contributed by atoms with E-state index in [-0.39, 0.29) is 17.9 Å². The number of pyridine rings is 2. The summed E-state index contributed by atoms with van der Waals surface area (Å²) in [4.78, 5) is 37.2. The minimum absolute atomic E-state index is 0.00264. The van der Waals surface area contributed by atoms with Crippen LogP contribution in [0.5, 0.6) is 5.75 Å². The van der Waals surface area contributed by atoms with Crippen molar-refractivity contribution < 1.29 is 19.4 Å². The standard InChI is InChI=1S/C32H26N4O4/c1-21-28(35-16-6-5-14-26(35)34-21)30(37)27-29(36(32(39)31(27)38)19-23-11-8-15-33-18-23)24-12-7-13-25(17-24)40-20-22-9-3-2-4-10-22/h2-18,29,37H,19-20H2,1H3. The Morgan fingerprint density at radius 3 is 2.55 bits per heavy atom. The average Bonchev–Trinajstić information content (AvgIpc) is 3.45. The third-order valence-corrected chi connectivity index (χ3v) is 6.97. The first-order valence-corrected chi connectivity index (χ1v) is 12.9. The number of amides is 1. The lowest BCUT2D eigenvalue weighted by atomic mass is 9.96. The highest BCUT2D eigenvalue weighted by molar-refractivity contribution is 6.46. The lowest BCUT2D eigenvalue weighted by Gasteiger charge is -2.25. The van der Waals surface area contributed by atoms with Crippen molar-refractivity contribution in [3.8, 4) is 5.75 Å². The molecule has 0 bridgehead atoms. The van der Waals surface area contributed by atoms with Crippen LogP contribution in [0.2, 0.25) is 0 Å². The summed E-state index contributed by atoms with van der Waals surface area (Å²) in [6.07, 6.45) is 5.07. The summed E-state index contributed by atoms with van der Waals surface area (Å²) in [7, 11) is 0. The van der Waals surface area contributed by atoms with Crippen LogP contribution in [-0.2, 0) is 22.7 Å². The van der Waals surface area contributed by atoms with Crippen molar-refractivity contribution in [3.05, 3.63) is 137 Å². The number of rotatable bonds is 7. The molecule has 1 amide bonds. The van der Waals surface area contributed by atoms with E-state index >= 15 is 0 Å². The summed E-state index contributed by atoms with van der Waals surface area (Å²) in [5.41, 5.74) is 3.95. The lowest BCUT2D eigenvalue weighted by molar-refractivity contribution is -0.140. The molecule has 1 saturated heterocycles. The van der Waals surface area contributed by atoms with Crippen LogP contribution in [0.15, 0.2) is 109 Å². The van der Waals surface area contributed by atoms with Crippen LogP contribution in [0.4, 0.5) is 0 Å². The van der Waals surface area contributed by atoms with E-state index in [1.165, 1.54) is 4.90 Å². The van der Waals surface area contributed by atoms with Gasteiger partial charge in [0, 0.05) is 25.1 Å². The molecule has 0 saturated carbocycles. The molecule has 198 valence electrons. The fourth-order valence-electron chi connectivity index (χ4n) is 5.12. The second kappa shape index (κ2) is 10.5. The molecule has 2 aromatic carbocycles. The SMILES string of the molecule is Cc1nc2ccccn2c1C(O)=C1C(=O)C(=O)N(Cc2cccnc2)C1c1cccc(OCc2ccccc2)c1.